The van der Waals surface area contributed by atoms with Gasteiger partial charge in [0.1, 0.15) is 0 Å². The number of nitrogens with one attached hydrogen (secondary N) is 1. The van der Waals surface area contributed by atoms with Crippen LogP contribution in [0.4, 0.5) is 4.79 Å². The summed E-state index contributed by atoms with van der Waals surface area (Å²) in [6.07, 6.45) is 0.663. The van der Waals surface area contributed by atoms with Crippen LogP contribution in [0.15, 0.2) is 0 Å². The molecular weight excluding hydrogens is 248 g/mol. The van der Waals surface area contributed by atoms with Crippen LogP contribution in [0.1, 0.15) is 26.7 Å². The average Bonchev–Trinajstić information content (AvgIpc) is 2.38. The van der Waals surface area contributed by atoms with E-state index in [9.17, 15) is 9.90 Å². The largest absolute Gasteiger partial charge is 0.450 e. The highest BCUT2D eigenvalue weighted by molar-refractivity contribution is 5.67. The fourth-order valence-corrected chi connectivity index (χ4v) is 2.61. The molecule has 1 aliphatic heterocycles. The topological polar surface area (TPSA) is 82.0 Å². The minimum atomic E-state index is -0.414. The number of alkyl carbamates (subject to hydrolysis) is 1. The van der Waals surface area contributed by atoms with Crippen molar-refractivity contribution < 1.29 is 19.7 Å². The number of rotatable bonds is 6. The van der Waals surface area contributed by atoms with Crippen molar-refractivity contribution in [3.05, 3.63) is 0 Å². The van der Waals surface area contributed by atoms with Gasteiger partial charge in [0.25, 0.3) is 0 Å². The third kappa shape index (κ3) is 5.34. The lowest BCUT2D eigenvalue weighted by Crippen LogP contribution is -2.53. The van der Waals surface area contributed by atoms with Crippen molar-refractivity contribution in [3.8, 4) is 0 Å². The number of nitrogens with zero attached hydrogens (tertiary/aromatic N) is 1. The Labute approximate surface area is 114 Å². The van der Waals surface area contributed by atoms with Crippen molar-refractivity contribution in [2.45, 2.75) is 38.8 Å². The molecule has 0 aromatic heterocycles. The zero-order valence-electron chi connectivity index (χ0n) is 11.8. The average molecular weight is 274 g/mol. The maximum absolute atomic E-state index is 11.5. The van der Waals surface area contributed by atoms with Gasteiger partial charge in [-0.15, -0.1) is 0 Å². The molecule has 112 valence electrons. The van der Waals surface area contributed by atoms with Crippen LogP contribution in [0.25, 0.3) is 0 Å². The first kappa shape index (κ1) is 16.2. The quantitative estimate of drug-likeness (QED) is 0.644. The molecule has 0 aromatic rings. The van der Waals surface area contributed by atoms with E-state index in [1.54, 1.807) is 6.92 Å². The maximum Gasteiger partial charge on any atom is 0.407 e. The Balaban J connectivity index is 2.56. The van der Waals surface area contributed by atoms with E-state index in [0.717, 1.165) is 13.0 Å². The molecule has 19 heavy (non-hydrogen) atoms. The van der Waals surface area contributed by atoms with Gasteiger partial charge >= 0.3 is 6.09 Å². The number of hydrogen-bond donors (Lipinski definition) is 3. The number of likely N-dealkylation sites (tertiary alicyclic amines) is 1. The fraction of sp³-hybridized carbons (Fsp3) is 0.923. The number of amides is 1. The molecule has 0 saturated carbocycles. The van der Waals surface area contributed by atoms with Gasteiger partial charge in [0.15, 0.2) is 0 Å². The summed E-state index contributed by atoms with van der Waals surface area (Å²) in [5.41, 5.74) is 0. The number of aliphatic hydroxyl groups is 2. The Hall–Kier alpha value is -0.850. The summed E-state index contributed by atoms with van der Waals surface area (Å²) in [5, 5.41) is 21.8. The molecule has 1 saturated heterocycles. The molecule has 3 atom stereocenters. The molecule has 0 aromatic carbocycles. The number of aliphatic hydroxyl groups excluding tert-OH is 2. The highest BCUT2D eigenvalue weighted by atomic mass is 16.5. The van der Waals surface area contributed by atoms with Gasteiger partial charge in [0, 0.05) is 25.7 Å². The van der Waals surface area contributed by atoms with E-state index in [2.05, 4.69) is 10.2 Å². The van der Waals surface area contributed by atoms with E-state index >= 15 is 0 Å². The molecule has 1 heterocycles. The van der Waals surface area contributed by atoms with E-state index in [0.29, 0.717) is 26.1 Å². The molecule has 0 radical (unpaired) electrons. The van der Waals surface area contributed by atoms with E-state index < -0.39 is 6.09 Å². The molecule has 3 unspecified atom stereocenters. The van der Waals surface area contributed by atoms with Gasteiger partial charge in [-0.2, -0.15) is 0 Å². The highest BCUT2D eigenvalue weighted by Crippen LogP contribution is 2.21. The lowest BCUT2D eigenvalue weighted by Gasteiger charge is -2.39. The number of carbonyl (C=O) groups excluding carboxylic acids is 1. The molecule has 1 fully saturated rings. The summed E-state index contributed by atoms with van der Waals surface area (Å²) in [6.45, 7) is 6.16. The lowest BCUT2D eigenvalue weighted by molar-refractivity contribution is 0.0291. The molecule has 1 amide bonds. The lowest BCUT2D eigenvalue weighted by atomic mass is 9.88. The Bertz CT molecular complexity index is 275. The maximum atomic E-state index is 11.5. The third-order valence-electron chi connectivity index (χ3n) is 3.53. The van der Waals surface area contributed by atoms with Crippen LogP contribution < -0.4 is 5.32 Å². The molecular formula is C13H26N2O4. The molecule has 6 nitrogen and oxygen atoms in total. The predicted octanol–water partition coefficient (Wildman–Crippen LogP) is 0.186. The second-order valence-corrected chi connectivity index (χ2v) is 5.02. The highest BCUT2D eigenvalue weighted by Gasteiger charge is 2.31. The molecule has 6 heteroatoms. The number of ether oxygens (including phenoxy) is 1. The SMILES string of the molecule is CCOC(=O)NC1CC(C(O)CC)CN(CCO)C1. The van der Waals surface area contributed by atoms with Crippen molar-refractivity contribution in [1.29, 1.82) is 0 Å². The van der Waals surface area contributed by atoms with Crippen LogP contribution in [0, 0.1) is 5.92 Å². The first-order valence-corrected chi connectivity index (χ1v) is 7.05. The zero-order valence-corrected chi connectivity index (χ0v) is 11.8. The summed E-state index contributed by atoms with van der Waals surface area (Å²) >= 11 is 0. The summed E-state index contributed by atoms with van der Waals surface area (Å²) in [5.74, 6) is 0.122. The van der Waals surface area contributed by atoms with Crippen LogP contribution in [0.2, 0.25) is 0 Å². The molecule has 0 bridgehead atoms. The second kappa shape index (κ2) is 8.35. The molecule has 0 aliphatic carbocycles. The van der Waals surface area contributed by atoms with Crippen molar-refractivity contribution in [2.24, 2.45) is 5.92 Å². The number of piperidine rings is 1. The Morgan fingerprint density at radius 2 is 2.21 bits per heavy atom. The standard InChI is InChI=1S/C13H26N2O4/c1-3-12(17)10-7-11(14-13(18)19-4-2)9-15(8-10)5-6-16/h10-12,16-17H,3-9H2,1-2H3,(H,14,18). The smallest absolute Gasteiger partial charge is 0.407 e. The van der Waals surface area contributed by atoms with E-state index in [-0.39, 0.29) is 24.7 Å². The molecule has 3 N–H and O–H groups in total. The van der Waals surface area contributed by atoms with Crippen LogP contribution >= 0.6 is 0 Å². The predicted molar refractivity (Wildman–Crippen MR) is 71.9 cm³/mol. The third-order valence-corrected chi connectivity index (χ3v) is 3.53. The second-order valence-electron chi connectivity index (χ2n) is 5.02. The number of carbonyl (C=O) groups is 1. The Morgan fingerprint density at radius 1 is 1.47 bits per heavy atom. The van der Waals surface area contributed by atoms with Crippen molar-refractivity contribution >= 4 is 6.09 Å². The Morgan fingerprint density at radius 3 is 2.79 bits per heavy atom. The number of hydrogen-bond acceptors (Lipinski definition) is 5. The van der Waals surface area contributed by atoms with Crippen molar-refractivity contribution in [3.63, 3.8) is 0 Å². The van der Waals surface area contributed by atoms with Gasteiger partial charge in [-0.3, -0.25) is 4.90 Å². The van der Waals surface area contributed by atoms with Crippen LogP contribution in [0.3, 0.4) is 0 Å². The van der Waals surface area contributed by atoms with E-state index in [1.807, 2.05) is 6.92 Å². The van der Waals surface area contributed by atoms with E-state index in [4.69, 9.17) is 9.84 Å². The van der Waals surface area contributed by atoms with Gasteiger partial charge < -0.3 is 20.3 Å². The summed E-state index contributed by atoms with van der Waals surface area (Å²) < 4.78 is 4.88. The molecule has 0 spiro atoms. The summed E-state index contributed by atoms with van der Waals surface area (Å²) in [4.78, 5) is 13.5. The van der Waals surface area contributed by atoms with Gasteiger partial charge in [0.2, 0.25) is 0 Å². The van der Waals surface area contributed by atoms with Gasteiger partial charge in [0.05, 0.1) is 19.3 Å². The van der Waals surface area contributed by atoms with Gasteiger partial charge in [-0.05, 0) is 25.7 Å². The van der Waals surface area contributed by atoms with Crippen LogP contribution in [0.5, 0.6) is 0 Å². The fourth-order valence-electron chi connectivity index (χ4n) is 2.61. The van der Waals surface area contributed by atoms with E-state index in [1.165, 1.54) is 0 Å². The van der Waals surface area contributed by atoms with Crippen molar-refractivity contribution in [1.82, 2.24) is 10.2 Å². The number of β-amino-alcohol motifs (C(OH)–C–C–N with tert-alkyl or cyclic N) is 1. The first-order chi connectivity index (χ1) is 9.10. The van der Waals surface area contributed by atoms with Crippen LogP contribution in [-0.2, 0) is 4.74 Å². The summed E-state index contributed by atoms with van der Waals surface area (Å²) in [6, 6.07) is -0.0365. The first-order valence-electron chi connectivity index (χ1n) is 7.05. The normalized spacial score (nSPS) is 25.9. The monoisotopic (exact) mass is 274 g/mol. The minimum Gasteiger partial charge on any atom is -0.450 e. The minimum absolute atomic E-state index is 0.0365. The van der Waals surface area contributed by atoms with Crippen molar-refractivity contribution in [2.75, 3.05) is 32.8 Å². The zero-order chi connectivity index (χ0) is 14.3. The van der Waals surface area contributed by atoms with Gasteiger partial charge in [-0.25, -0.2) is 4.79 Å². The van der Waals surface area contributed by atoms with Gasteiger partial charge in [-0.1, -0.05) is 6.92 Å². The Kier molecular flexibility index (Phi) is 7.12. The molecule has 1 rings (SSSR count). The summed E-state index contributed by atoms with van der Waals surface area (Å²) in [7, 11) is 0. The molecule has 1 aliphatic rings. The van der Waals surface area contributed by atoms with Crippen LogP contribution in [-0.4, -0.2) is 66.2 Å².